The van der Waals surface area contributed by atoms with E-state index in [1.165, 1.54) is 25.7 Å². The first-order valence-corrected chi connectivity index (χ1v) is 9.02. The minimum atomic E-state index is -0.108. The van der Waals surface area contributed by atoms with Crippen LogP contribution in [0, 0.1) is 29.1 Å². The number of fused-ring (bicyclic) bond motifs is 2. The zero-order chi connectivity index (χ0) is 17.2. The molecule has 2 aliphatic rings. The van der Waals surface area contributed by atoms with Crippen molar-refractivity contribution in [2.45, 2.75) is 32.1 Å². The van der Waals surface area contributed by atoms with Gasteiger partial charge in [0.2, 0.25) is 0 Å². The van der Waals surface area contributed by atoms with Crippen LogP contribution in [0.3, 0.4) is 0 Å². The monoisotopic (exact) mass is 331 g/mol. The third-order valence-electron chi connectivity index (χ3n) is 5.75. The fourth-order valence-corrected chi connectivity index (χ4v) is 4.47. The van der Waals surface area contributed by atoms with Gasteiger partial charge in [0.25, 0.3) is 0 Å². The number of esters is 1. The molecular weight excluding hydrogens is 310 g/mol. The molecule has 2 saturated carbocycles. The largest absolute Gasteiger partial charge is 0.427 e. The Kier molecular flexibility index (Phi) is 4.28. The highest BCUT2D eigenvalue weighted by Crippen LogP contribution is 2.49. The van der Waals surface area contributed by atoms with Gasteiger partial charge in [-0.3, -0.25) is 4.79 Å². The van der Waals surface area contributed by atoms with Crippen LogP contribution in [0.2, 0.25) is 0 Å². The van der Waals surface area contributed by atoms with E-state index in [1.807, 2.05) is 36.4 Å². The summed E-state index contributed by atoms with van der Waals surface area (Å²) in [6, 6.07) is 17.1. The molecule has 0 N–H and O–H groups in total. The Balaban J connectivity index is 1.36. The highest BCUT2D eigenvalue weighted by Gasteiger charge is 2.40. The molecule has 4 rings (SSSR count). The van der Waals surface area contributed by atoms with Gasteiger partial charge in [-0.25, -0.2) is 0 Å². The summed E-state index contributed by atoms with van der Waals surface area (Å²) >= 11 is 0. The fraction of sp³-hybridized carbons (Fsp3) is 0.364. The summed E-state index contributed by atoms with van der Waals surface area (Å²) in [5.41, 5.74) is 2.73. The van der Waals surface area contributed by atoms with Gasteiger partial charge in [-0.1, -0.05) is 30.7 Å². The van der Waals surface area contributed by atoms with Gasteiger partial charge in [0.1, 0.15) is 5.75 Å². The lowest BCUT2D eigenvalue weighted by Crippen LogP contribution is -2.18. The number of benzene rings is 2. The normalized spacial score (nSPS) is 24.0. The molecule has 0 unspecified atom stereocenters. The molecule has 3 nitrogen and oxygen atoms in total. The molecule has 0 radical (unpaired) electrons. The van der Waals surface area contributed by atoms with E-state index >= 15 is 0 Å². The van der Waals surface area contributed by atoms with Crippen LogP contribution in [-0.4, -0.2) is 5.97 Å². The quantitative estimate of drug-likeness (QED) is 0.588. The number of carbonyl (C=O) groups is 1. The zero-order valence-corrected chi connectivity index (χ0v) is 14.2. The van der Waals surface area contributed by atoms with Crippen LogP contribution in [0.5, 0.6) is 5.75 Å². The molecule has 0 aromatic heterocycles. The number of ether oxygens (including phenoxy) is 1. The SMILES string of the molecule is N#Cc1ccc(-c2ccc(OC(=O)C[C@@H]3C[C@H]4CC[C@H]3C4)cc2)cc1. The second kappa shape index (κ2) is 6.72. The van der Waals surface area contributed by atoms with E-state index in [2.05, 4.69) is 6.07 Å². The lowest BCUT2D eigenvalue weighted by molar-refractivity contribution is -0.135. The second-order valence-electron chi connectivity index (χ2n) is 7.33. The number of carbonyl (C=O) groups excluding carboxylic acids is 1. The Bertz CT molecular complexity index is 801. The molecule has 0 aliphatic heterocycles. The van der Waals surface area contributed by atoms with Gasteiger partial charge in [-0.05, 0) is 72.4 Å². The summed E-state index contributed by atoms with van der Waals surface area (Å²) in [5.74, 6) is 2.63. The van der Waals surface area contributed by atoms with Gasteiger partial charge in [0.05, 0.1) is 11.6 Å². The van der Waals surface area contributed by atoms with Gasteiger partial charge in [0.15, 0.2) is 0 Å². The first kappa shape index (κ1) is 15.9. The molecule has 3 heteroatoms. The molecule has 2 aromatic carbocycles. The molecule has 0 heterocycles. The van der Waals surface area contributed by atoms with Crippen LogP contribution in [0.15, 0.2) is 48.5 Å². The topological polar surface area (TPSA) is 50.1 Å². The van der Waals surface area contributed by atoms with Crippen molar-refractivity contribution < 1.29 is 9.53 Å². The second-order valence-corrected chi connectivity index (χ2v) is 7.33. The smallest absolute Gasteiger partial charge is 0.311 e. The summed E-state index contributed by atoms with van der Waals surface area (Å²) in [6.07, 6.45) is 5.72. The predicted molar refractivity (Wildman–Crippen MR) is 95.8 cm³/mol. The standard InChI is InChI=1S/C22H21NO2/c23-14-15-1-4-17(5-2-15)18-7-9-21(10-8-18)25-22(24)13-20-12-16-3-6-19(20)11-16/h1-2,4-5,7-10,16,19-20H,3,6,11-13H2/t16-,19-,20-/m0/s1. The van der Waals surface area contributed by atoms with Gasteiger partial charge in [0, 0.05) is 6.42 Å². The first-order chi connectivity index (χ1) is 12.2. The van der Waals surface area contributed by atoms with Crippen LogP contribution in [0.4, 0.5) is 0 Å². The highest BCUT2D eigenvalue weighted by molar-refractivity contribution is 5.73. The number of nitriles is 1. The van der Waals surface area contributed by atoms with E-state index < -0.39 is 0 Å². The Hall–Kier alpha value is -2.60. The van der Waals surface area contributed by atoms with E-state index in [4.69, 9.17) is 10.00 Å². The Morgan fingerprint density at radius 1 is 1.00 bits per heavy atom. The maximum absolute atomic E-state index is 12.2. The van der Waals surface area contributed by atoms with E-state index in [9.17, 15) is 4.79 Å². The van der Waals surface area contributed by atoms with E-state index in [-0.39, 0.29) is 5.97 Å². The van der Waals surface area contributed by atoms with Crippen molar-refractivity contribution in [2.75, 3.05) is 0 Å². The molecule has 0 spiro atoms. The van der Waals surface area contributed by atoms with Crippen molar-refractivity contribution in [3.05, 3.63) is 54.1 Å². The summed E-state index contributed by atoms with van der Waals surface area (Å²) < 4.78 is 5.53. The number of nitrogens with zero attached hydrogens (tertiary/aromatic N) is 1. The van der Waals surface area contributed by atoms with Gasteiger partial charge in [-0.15, -0.1) is 0 Å². The molecule has 25 heavy (non-hydrogen) atoms. The van der Waals surface area contributed by atoms with Crippen molar-refractivity contribution in [1.29, 1.82) is 5.26 Å². The molecular formula is C22H21NO2. The van der Waals surface area contributed by atoms with E-state index in [0.29, 0.717) is 23.7 Å². The van der Waals surface area contributed by atoms with E-state index in [1.54, 1.807) is 12.1 Å². The van der Waals surface area contributed by atoms with Gasteiger partial charge >= 0.3 is 5.97 Å². The average molecular weight is 331 g/mol. The molecule has 2 bridgehead atoms. The fourth-order valence-electron chi connectivity index (χ4n) is 4.47. The Labute approximate surface area is 148 Å². The van der Waals surface area contributed by atoms with Crippen molar-refractivity contribution in [2.24, 2.45) is 17.8 Å². The number of rotatable bonds is 4. The molecule has 0 saturated heterocycles. The van der Waals surface area contributed by atoms with Crippen molar-refractivity contribution >= 4 is 5.97 Å². The minimum Gasteiger partial charge on any atom is -0.427 e. The van der Waals surface area contributed by atoms with Crippen molar-refractivity contribution in [1.82, 2.24) is 0 Å². The number of hydrogen-bond donors (Lipinski definition) is 0. The van der Waals surface area contributed by atoms with Crippen LogP contribution in [0.1, 0.15) is 37.7 Å². The summed E-state index contributed by atoms with van der Waals surface area (Å²) in [5, 5.41) is 8.86. The first-order valence-electron chi connectivity index (χ1n) is 9.02. The van der Waals surface area contributed by atoms with Crippen LogP contribution >= 0.6 is 0 Å². The zero-order valence-electron chi connectivity index (χ0n) is 14.2. The minimum absolute atomic E-state index is 0.108. The maximum atomic E-state index is 12.2. The van der Waals surface area contributed by atoms with E-state index in [0.717, 1.165) is 23.0 Å². The Morgan fingerprint density at radius 3 is 2.24 bits per heavy atom. The average Bonchev–Trinajstić information content (AvgIpc) is 3.25. The summed E-state index contributed by atoms with van der Waals surface area (Å²) in [4.78, 5) is 12.2. The van der Waals surface area contributed by atoms with Crippen molar-refractivity contribution in [3.8, 4) is 22.9 Å². The van der Waals surface area contributed by atoms with Gasteiger partial charge < -0.3 is 4.74 Å². The maximum Gasteiger partial charge on any atom is 0.311 e. The third kappa shape index (κ3) is 3.44. The summed E-state index contributed by atoms with van der Waals surface area (Å²) in [7, 11) is 0. The summed E-state index contributed by atoms with van der Waals surface area (Å²) in [6.45, 7) is 0. The van der Waals surface area contributed by atoms with Crippen LogP contribution < -0.4 is 4.74 Å². The van der Waals surface area contributed by atoms with Crippen molar-refractivity contribution in [3.63, 3.8) is 0 Å². The lowest BCUT2D eigenvalue weighted by atomic mass is 9.86. The molecule has 2 fully saturated rings. The molecule has 2 aliphatic carbocycles. The molecule has 126 valence electrons. The molecule has 0 amide bonds. The Morgan fingerprint density at radius 2 is 1.68 bits per heavy atom. The molecule has 3 atom stereocenters. The highest BCUT2D eigenvalue weighted by atomic mass is 16.5. The van der Waals surface area contributed by atoms with Crippen LogP contribution in [0.25, 0.3) is 11.1 Å². The van der Waals surface area contributed by atoms with Gasteiger partial charge in [-0.2, -0.15) is 5.26 Å². The number of hydrogen-bond acceptors (Lipinski definition) is 3. The molecule has 2 aromatic rings. The predicted octanol–water partition coefficient (Wildman–Crippen LogP) is 4.96. The van der Waals surface area contributed by atoms with Crippen LogP contribution in [-0.2, 0) is 4.79 Å². The third-order valence-corrected chi connectivity index (χ3v) is 5.75. The lowest BCUT2D eigenvalue weighted by Gasteiger charge is -2.20.